The molecular weight excluding hydrogens is 195 g/mol. The third-order valence-electron chi connectivity index (χ3n) is 2.25. The largest absolute Gasteiger partial charge is 0.505 e. The number of phenols is 1. The van der Waals surface area contributed by atoms with E-state index in [1.54, 1.807) is 12.1 Å². The molecule has 0 aliphatic rings. The standard InChI is InChI=1S/C12H15FO2/c1-8(2)10(7-14)5-9-3-4-12(15)11(13)6-9/h3-6,8,14-15H,7H2,1-2H3/b10-5+. The van der Waals surface area contributed by atoms with Gasteiger partial charge in [-0.15, -0.1) is 0 Å². The van der Waals surface area contributed by atoms with E-state index in [1.165, 1.54) is 12.1 Å². The molecule has 1 rings (SSSR count). The molecule has 1 aromatic rings. The molecule has 0 unspecified atom stereocenters. The second kappa shape index (κ2) is 4.94. The molecule has 3 heteroatoms. The highest BCUT2D eigenvalue weighted by atomic mass is 19.1. The van der Waals surface area contributed by atoms with E-state index in [1.807, 2.05) is 13.8 Å². The van der Waals surface area contributed by atoms with Crippen molar-refractivity contribution in [3.63, 3.8) is 0 Å². The van der Waals surface area contributed by atoms with Crippen LogP contribution < -0.4 is 0 Å². The van der Waals surface area contributed by atoms with Crippen LogP contribution in [0.4, 0.5) is 4.39 Å². The fourth-order valence-electron chi connectivity index (χ4n) is 1.22. The van der Waals surface area contributed by atoms with E-state index in [0.29, 0.717) is 5.56 Å². The predicted molar refractivity (Wildman–Crippen MR) is 58.0 cm³/mol. The maximum absolute atomic E-state index is 13.0. The lowest BCUT2D eigenvalue weighted by atomic mass is 10.0. The number of benzene rings is 1. The van der Waals surface area contributed by atoms with Gasteiger partial charge in [-0.25, -0.2) is 4.39 Å². The van der Waals surface area contributed by atoms with Gasteiger partial charge < -0.3 is 10.2 Å². The van der Waals surface area contributed by atoms with Crippen LogP contribution in [0.1, 0.15) is 19.4 Å². The highest BCUT2D eigenvalue weighted by molar-refractivity contribution is 5.54. The Morgan fingerprint density at radius 2 is 2.13 bits per heavy atom. The summed E-state index contributed by atoms with van der Waals surface area (Å²) in [6.45, 7) is 3.87. The van der Waals surface area contributed by atoms with Gasteiger partial charge in [-0.3, -0.25) is 0 Å². The van der Waals surface area contributed by atoms with Gasteiger partial charge in [0, 0.05) is 0 Å². The van der Waals surface area contributed by atoms with E-state index in [-0.39, 0.29) is 18.3 Å². The van der Waals surface area contributed by atoms with E-state index in [9.17, 15) is 4.39 Å². The lowest BCUT2D eigenvalue weighted by molar-refractivity contribution is 0.320. The Hall–Kier alpha value is -1.35. The highest BCUT2D eigenvalue weighted by Gasteiger charge is 2.04. The number of rotatable bonds is 3. The number of aromatic hydroxyl groups is 1. The summed E-state index contributed by atoms with van der Waals surface area (Å²) < 4.78 is 13.0. The van der Waals surface area contributed by atoms with Gasteiger partial charge in [0.1, 0.15) is 0 Å². The number of aliphatic hydroxyl groups is 1. The molecule has 82 valence electrons. The Morgan fingerprint density at radius 1 is 1.47 bits per heavy atom. The summed E-state index contributed by atoms with van der Waals surface area (Å²) in [5.74, 6) is -0.793. The third-order valence-corrected chi connectivity index (χ3v) is 2.25. The van der Waals surface area contributed by atoms with Gasteiger partial charge in [0.05, 0.1) is 6.61 Å². The Labute approximate surface area is 88.7 Å². The number of phenolic OH excluding ortho intramolecular Hbond substituents is 1. The van der Waals surface area contributed by atoms with E-state index in [0.717, 1.165) is 5.57 Å². The zero-order chi connectivity index (χ0) is 11.4. The van der Waals surface area contributed by atoms with E-state index < -0.39 is 5.82 Å². The van der Waals surface area contributed by atoms with Crippen LogP contribution in [0.5, 0.6) is 5.75 Å². The van der Waals surface area contributed by atoms with Crippen LogP contribution in [-0.2, 0) is 0 Å². The minimum Gasteiger partial charge on any atom is -0.505 e. The summed E-state index contributed by atoms with van der Waals surface area (Å²) in [6.07, 6.45) is 1.73. The van der Waals surface area contributed by atoms with Crippen molar-refractivity contribution in [2.75, 3.05) is 6.61 Å². The molecule has 2 N–H and O–H groups in total. The third kappa shape index (κ3) is 3.06. The van der Waals surface area contributed by atoms with Crippen molar-refractivity contribution in [3.05, 3.63) is 35.2 Å². The fourth-order valence-corrected chi connectivity index (χ4v) is 1.22. The molecule has 0 aliphatic carbocycles. The topological polar surface area (TPSA) is 40.5 Å². The molecule has 15 heavy (non-hydrogen) atoms. The minimum absolute atomic E-state index is 0.0415. The molecule has 2 nitrogen and oxygen atoms in total. The molecule has 0 saturated heterocycles. The molecule has 0 aliphatic heterocycles. The number of hydrogen-bond acceptors (Lipinski definition) is 2. The van der Waals surface area contributed by atoms with Gasteiger partial charge in [0.2, 0.25) is 0 Å². The van der Waals surface area contributed by atoms with Gasteiger partial charge in [-0.2, -0.15) is 0 Å². The zero-order valence-corrected chi connectivity index (χ0v) is 8.87. The molecule has 1 aromatic carbocycles. The molecular formula is C12H15FO2. The molecule has 0 radical (unpaired) electrons. The Kier molecular flexibility index (Phi) is 3.86. The van der Waals surface area contributed by atoms with Crippen LogP contribution in [0.25, 0.3) is 6.08 Å². The van der Waals surface area contributed by atoms with Crippen molar-refractivity contribution in [2.24, 2.45) is 5.92 Å². The van der Waals surface area contributed by atoms with Crippen LogP contribution in [0.15, 0.2) is 23.8 Å². The summed E-state index contributed by atoms with van der Waals surface area (Å²) in [7, 11) is 0. The summed E-state index contributed by atoms with van der Waals surface area (Å²) >= 11 is 0. The predicted octanol–water partition coefficient (Wildman–Crippen LogP) is 2.56. The highest BCUT2D eigenvalue weighted by Crippen LogP contribution is 2.19. The smallest absolute Gasteiger partial charge is 0.165 e. The monoisotopic (exact) mass is 210 g/mol. The van der Waals surface area contributed by atoms with Gasteiger partial charge in [-0.05, 0) is 29.2 Å². The number of halogens is 1. The summed E-state index contributed by atoms with van der Waals surface area (Å²) in [6, 6.07) is 4.15. The first-order chi connectivity index (χ1) is 7.04. The second-order valence-corrected chi connectivity index (χ2v) is 3.74. The van der Waals surface area contributed by atoms with Gasteiger partial charge in [-0.1, -0.05) is 26.0 Å². The van der Waals surface area contributed by atoms with Crippen LogP contribution in [-0.4, -0.2) is 16.8 Å². The fraction of sp³-hybridized carbons (Fsp3) is 0.333. The van der Waals surface area contributed by atoms with Gasteiger partial charge in [0.15, 0.2) is 11.6 Å². The molecule has 0 amide bonds. The van der Waals surface area contributed by atoms with Gasteiger partial charge in [0.25, 0.3) is 0 Å². The zero-order valence-electron chi connectivity index (χ0n) is 8.87. The summed E-state index contributed by atoms with van der Waals surface area (Å²) in [5, 5.41) is 18.1. The van der Waals surface area contributed by atoms with E-state index >= 15 is 0 Å². The molecule has 0 aromatic heterocycles. The van der Waals surface area contributed by atoms with Crippen LogP contribution in [0.3, 0.4) is 0 Å². The molecule has 0 bridgehead atoms. The quantitative estimate of drug-likeness (QED) is 0.805. The van der Waals surface area contributed by atoms with Crippen molar-refractivity contribution < 1.29 is 14.6 Å². The van der Waals surface area contributed by atoms with Crippen molar-refractivity contribution in [1.29, 1.82) is 0 Å². The molecule has 0 saturated carbocycles. The van der Waals surface area contributed by atoms with Crippen LogP contribution in [0.2, 0.25) is 0 Å². The minimum atomic E-state index is -0.648. The molecule has 0 spiro atoms. The Bertz CT molecular complexity index is 370. The average Bonchev–Trinajstić information content (AvgIpc) is 2.19. The first kappa shape index (κ1) is 11.7. The van der Waals surface area contributed by atoms with Gasteiger partial charge >= 0.3 is 0 Å². The van der Waals surface area contributed by atoms with E-state index in [4.69, 9.17) is 10.2 Å². The number of aliphatic hydroxyl groups excluding tert-OH is 1. The van der Waals surface area contributed by atoms with Crippen LogP contribution >= 0.6 is 0 Å². The number of hydrogen-bond donors (Lipinski definition) is 2. The lowest BCUT2D eigenvalue weighted by Crippen LogP contribution is -1.98. The Morgan fingerprint density at radius 3 is 2.60 bits per heavy atom. The summed E-state index contributed by atoms with van der Waals surface area (Å²) in [5.41, 5.74) is 1.48. The molecule has 0 fully saturated rings. The maximum Gasteiger partial charge on any atom is 0.165 e. The van der Waals surface area contributed by atoms with Crippen molar-refractivity contribution in [2.45, 2.75) is 13.8 Å². The molecule has 0 atom stereocenters. The maximum atomic E-state index is 13.0. The lowest BCUT2D eigenvalue weighted by Gasteiger charge is -2.08. The second-order valence-electron chi connectivity index (χ2n) is 3.74. The Balaban J connectivity index is 3.01. The normalized spacial score (nSPS) is 12.2. The van der Waals surface area contributed by atoms with E-state index in [2.05, 4.69) is 0 Å². The SMILES string of the molecule is CC(C)/C(=C/c1ccc(O)c(F)c1)CO. The summed E-state index contributed by atoms with van der Waals surface area (Å²) in [4.78, 5) is 0. The molecule has 0 heterocycles. The average molecular weight is 210 g/mol. The first-order valence-corrected chi connectivity index (χ1v) is 4.84. The van der Waals surface area contributed by atoms with Crippen molar-refractivity contribution in [3.8, 4) is 5.75 Å². The van der Waals surface area contributed by atoms with Crippen LogP contribution in [0, 0.1) is 11.7 Å². The van der Waals surface area contributed by atoms with Crippen molar-refractivity contribution in [1.82, 2.24) is 0 Å². The first-order valence-electron chi connectivity index (χ1n) is 4.84. The van der Waals surface area contributed by atoms with Crippen molar-refractivity contribution >= 4 is 6.08 Å².